The van der Waals surface area contributed by atoms with Gasteiger partial charge in [0, 0.05) is 28.9 Å². The Bertz CT molecular complexity index is 819. The van der Waals surface area contributed by atoms with Crippen molar-refractivity contribution in [1.29, 1.82) is 0 Å². The Balaban J connectivity index is 1.73. The lowest BCUT2D eigenvalue weighted by molar-refractivity contribution is 0.0964. The van der Waals surface area contributed by atoms with Gasteiger partial charge in [-0.25, -0.2) is 0 Å². The van der Waals surface area contributed by atoms with E-state index in [0.29, 0.717) is 5.41 Å². The zero-order valence-electron chi connectivity index (χ0n) is 13.8. The van der Waals surface area contributed by atoms with Crippen LogP contribution in [0.15, 0.2) is 28.7 Å². The van der Waals surface area contributed by atoms with Gasteiger partial charge in [-0.15, -0.1) is 0 Å². The SMILES string of the molecule is Cc1c(Br)cccc1N1CCn2c(cc3c2CC(C)(C)C3)C1=O. The molecule has 0 atom stereocenters. The molecule has 2 aromatic rings. The van der Waals surface area contributed by atoms with E-state index < -0.39 is 0 Å². The van der Waals surface area contributed by atoms with Crippen molar-refractivity contribution in [1.82, 2.24) is 4.57 Å². The van der Waals surface area contributed by atoms with E-state index in [9.17, 15) is 4.79 Å². The molecule has 23 heavy (non-hydrogen) atoms. The molecule has 1 aliphatic heterocycles. The van der Waals surface area contributed by atoms with Gasteiger partial charge in [-0.05, 0) is 54.5 Å². The molecule has 0 saturated carbocycles. The molecule has 1 aromatic heterocycles. The van der Waals surface area contributed by atoms with Crippen LogP contribution >= 0.6 is 15.9 Å². The van der Waals surface area contributed by atoms with Crippen LogP contribution in [0.1, 0.15) is 41.2 Å². The second-order valence-corrected chi connectivity index (χ2v) is 8.37. The third kappa shape index (κ3) is 2.26. The third-order valence-corrected chi connectivity index (χ3v) is 6.01. The molecule has 2 aliphatic rings. The second kappa shape index (κ2) is 4.97. The summed E-state index contributed by atoms with van der Waals surface area (Å²) in [5, 5.41) is 0. The highest BCUT2D eigenvalue weighted by atomic mass is 79.9. The minimum Gasteiger partial charge on any atom is -0.339 e. The lowest BCUT2D eigenvalue weighted by Crippen LogP contribution is -2.41. The number of amides is 1. The minimum atomic E-state index is 0.129. The topological polar surface area (TPSA) is 25.2 Å². The summed E-state index contributed by atoms with van der Waals surface area (Å²) in [4.78, 5) is 15.0. The highest BCUT2D eigenvalue weighted by Crippen LogP contribution is 2.39. The van der Waals surface area contributed by atoms with Crippen molar-refractivity contribution in [2.45, 2.75) is 40.2 Å². The molecule has 0 bridgehead atoms. The van der Waals surface area contributed by atoms with Crippen molar-refractivity contribution >= 4 is 27.5 Å². The summed E-state index contributed by atoms with van der Waals surface area (Å²) < 4.78 is 3.31. The number of fused-ring (bicyclic) bond motifs is 3. The molecule has 1 amide bonds. The van der Waals surface area contributed by atoms with Crippen LogP contribution in [-0.2, 0) is 19.4 Å². The molecule has 1 aliphatic carbocycles. The Morgan fingerprint density at radius 3 is 2.74 bits per heavy atom. The molecule has 4 rings (SSSR count). The highest BCUT2D eigenvalue weighted by molar-refractivity contribution is 9.10. The molecular weight excluding hydrogens is 352 g/mol. The normalized spacial score (nSPS) is 19.0. The summed E-state index contributed by atoms with van der Waals surface area (Å²) in [7, 11) is 0. The predicted octanol–water partition coefficient (Wildman–Crippen LogP) is 4.34. The minimum absolute atomic E-state index is 0.129. The Labute approximate surface area is 145 Å². The largest absolute Gasteiger partial charge is 0.339 e. The fourth-order valence-corrected chi connectivity index (χ4v) is 4.38. The molecule has 0 unspecified atom stereocenters. The zero-order valence-corrected chi connectivity index (χ0v) is 15.4. The maximum Gasteiger partial charge on any atom is 0.274 e. The fourth-order valence-electron chi connectivity index (χ4n) is 4.03. The monoisotopic (exact) mass is 372 g/mol. The van der Waals surface area contributed by atoms with E-state index in [2.05, 4.69) is 47.3 Å². The molecule has 0 N–H and O–H groups in total. The fraction of sp³-hybridized carbons (Fsp3) is 0.421. The summed E-state index contributed by atoms with van der Waals surface area (Å²) in [5.74, 6) is 0.129. The Morgan fingerprint density at radius 2 is 1.96 bits per heavy atom. The molecule has 4 heteroatoms. The highest BCUT2D eigenvalue weighted by Gasteiger charge is 2.36. The number of halogens is 1. The van der Waals surface area contributed by atoms with Gasteiger partial charge < -0.3 is 9.47 Å². The molecule has 120 valence electrons. The number of benzene rings is 1. The average molecular weight is 373 g/mol. The quantitative estimate of drug-likeness (QED) is 0.730. The van der Waals surface area contributed by atoms with Gasteiger partial charge >= 0.3 is 0 Å². The van der Waals surface area contributed by atoms with Gasteiger partial charge in [0.1, 0.15) is 5.69 Å². The van der Waals surface area contributed by atoms with E-state index in [1.807, 2.05) is 23.1 Å². The first-order valence-corrected chi connectivity index (χ1v) is 8.95. The Morgan fingerprint density at radius 1 is 1.17 bits per heavy atom. The zero-order chi connectivity index (χ0) is 16.4. The van der Waals surface area contributed by atoms with Crippen LogP contribution in [0.3, 0.4) is 0 Å². The van der Waals surface area contributed by atoms with Crippen LogP contribution < -0.4 is 4.90 Å². The van der Waals surface area contributed by atoms with Crippen LogP contribution in [0.2, 0.25) is 0 Å². The van der Waals surface area contributed by atoms with Crippen molar-refractivity contribution in [3.8, 4) is 0 Å². The van der Waals surface area contributed by atoms with Gasteiger partial charge in [0.25, 0.3) is 5.91 Å². The van der Waals surface area contributed by atoms with Crippen molar-refractivity contribution in [3.05, 3.63) is 51.3 Å². The van der Waals surface area contributed by atoms with Gasteiger partial charge in [0.15, 0.2) is 0 Å². The Hall–Kier alpha value is -1.55. The molecule has 0 spiro atoms. The number of aromatic nitrogens is 1. The van der Waals surface area contributed by atoms with Crippen LogP contribution in [0.25, 0.3) is 0 Å². The number of rotatable bonds is 1. The van der Waals surface area contributed by atoms with Gasteiger partial charge in [0.05, 0.1) is 0 Å². The first kappa shape index (κ1) is 15.0. The summed E-state index contributed by atoms with van der Waals surface area (Å²) in [6.07, 6.45) is 2.15. The van der Waals surface area contributed by atoms with Crippen LogP contribution in [-0.4, -0.2) is 17.0 Å². The lowest BCUT2D eigenvalue weighted by Gasteiger charge is -2.31. The van der Waals surface area contributed by atoms with E-state index in [1.54, 1.807) is 0 Å². The number of hydrogen-bond acceptors (Lipinski definition) is 1. The molecule has 1 aromatic carbocycles. The summed E-state index contributed by atoms with van der Waals surface area (Å²) in [5.41, 5.74) is 6.06. The summed E-state index contributed by atoms with van der Waals surface area (Å²) in [6.45, 7) is 8.30. The number of anilines is 1. The predicted molar refractivity (Wildman–Crippen MR) is 96.2 cm³/mol. The first-order valence-electron chi connectivity index (χ1n) is 8.16. The summed E-state index contributed by atoms with van der Waals surface area (Å²) >= 11 is 3.57. The molecule has 0 fully saturated rings. The second-order valence-electron chi connectivity index (χ2n) is 7.51. The van der Waals surface area contributed by atoms with Crippen LogP contribution in [0.4, 0.5) is 5.69 Å². The molecule has 0 saturated heterocycles. The first-order chi connectivity index (χ1) is 10.9. The van der Waals surface area contributed by atoms with Crippen LogP contribution in [0.5, 0.6) is 0 Å². The summed E-state index contributed by atoms with van der Waals surface area (Å²) in [6, 6.07) is 8.18. The van der Waals surface area contributed by atoms with Crippen molar-refractivity contribution in [2.24, 2.45) is 5.41 Å². The maximum absolute atomic E-state index is 13.0. The van der Waals surface area contributed by atoms with Gasteiger partial charge in [-0.2, -0.15) is 0 Å². The molecule has 3 nitrogen and oxygen atoms in total. The number of carbonyl (C=O) groups excluding carboxylic acids is 1. The van der Waals surface area contributed by atoms with Gasteiger partial charge in [-0.1, -0.05) is 35.8 Å². The number of hydrogen-bond donors (Lipinski definition) is 0. The van der Waals surface area contributed by atoms with Crippen LogP contribution in [0, 0.1) is 12.3 Å². The molecule has 2 heterocycles. The molecule has 0 radical (unpaired) electrons. The number of nitrogens with zero attached hydrogens (tertiary/aromatic N) is 2. The van der Waals surface area contributed by atoms with E-state index in [4.69, 9.17) is 0 Å². The average Bonchev–Trinajstić information content (AvgIpc) is 2.96. The van der Waals surface area contributed by atoms with Crippen molar-refractivity contribution < 1.29 is 4.79 Å². The van der Waals surface area contributed by atoms with E-state index >= 15 is 0 Å². The maximum atomic E-state index is 13.0. The van der Waals surface area contributed by atoms with E-state index in [0.717, 1.165) is 47.3 Å². The Kier molecular flexibility index (Phi) is 3.24. The lowest BCUT2D eigenvalue weighted by atomic mass is 9.90. The number of carbonyl (C=O) groups is 1. The standard InChI is InChI=1S/C19H21BrN2O/c1-12-14(20)5-4-6-15(12)22-8-7-21-16(18(22)23)9-13-10-19(2,3)11-17(13)21/h4-6,9H,7-8,10-11H2,1-3H3. The smallest absolute Gasteiger partial charge is 0.274 e. The third-order valence-electron chi connectivity index (χ3n) is 5.15. The molecular formula is C19H21BrN2O. The van der Waals surface area contributed by atoms with Crippen molar-refractivity contribution in [2.75, 3.05) is 11.4 Å². The van der Waals surface area contributed by atoms with Crippen molar-refractivity contribution in [3.63, 3.8) is 0 Å². The van der Waals surface area contributed by atoms with E-state index in [1.165, 1.54) is 11.3 Å². The van der Waals surface area contributed by atoms with Gasteiger partial charge in [-0.3, -0.25) is 4.79 Å². The van der Waals surface area contributed by atoms with Gasteiger partial charge in [0.2, 0.25) is 0 Å². The van der Waals surface area contributed by atoms with E-state index in [-0.39, 0.29) is 5.91 Å².